The molecule has 0 saturated carbocycles. The van der Waals surface area contributed by atoms with Gasteiger partial charge in [-0.25, -0.2) is 14.0 Å². The third-order valence-corrected chi connectivity index (χ3v) is 3.65. The van der Waals surface area contributed by atoms with E-state index in [1.807, 2.05) is 6.07 Å². The Morgan fingerprint density at radius 1 is 1.50 bits per heavy atom. The summed E-state index contributed by atoms with van der Waals surface area (Å²) in [5, 5.41) is 14.3. The number of piperidine rings is 1. The summed E-state index contributed by atoms with van der Waals surface area (Å²) in [4.78, 5) is 25.4. The summed E-state index contributed by atoms with van der Waals surface area (Å²) in [6.07, 6.45) is 0.983. The average molecular weight is 334 g/mol. The van der Waals surface area contributed by atoms with Gasteiger partial charge in [-0.05, 0) is 38.0 Å². The maximum absolute atomic E-state index is 13.1. The molecule has 0 aliphatic carbocycles. The molecule has 0 bridgehead atoms. The fourth-order valence-electron chi connectivity index (χ4n) is 2.53. The van der Waals surface area contributed by atoms with Crippen LogP contribution in [0.15, 0.2) is 18.2 Å². The van der Waals surface area contributed by atoms with Crippen molar-refractivity contribution in [2.45, 2.75) is 25.8 Å². The van der Waals surface area contributed by atoms with Crippen molar-refractivity contribution >= 4 is 17.8 Å². The predicted molar refractivity (Wildman–Crippen MR) is 84.9 cm³/mol. The molecule has 1 unspecified atom stereocenters. The van der Waals surface area contributed by atoms with Crippen molar-refractivity contribution in [3.8, 4) is 6.07 Å². The van der Waals surface area contributed by atoms with E-state index in [-0.39, 0.29) is 23.9 Å². The molecule has 1 aliphatic heterocycles. The fourth-order valence-corrected chi connectivity index (χ4v) is 2.53. The molecule has 0 aromatic heterocycles. The van der Waals surface area contributed by atoms with Crippen LogP contribution >= 0.6 is 0 Å². The predicted octanol–water partition coefficient (Wildman–Crippen LogP) is 2.44. The number of ether oxygens (including phenoxy) is 1. The van der Waals surface area contributed by atoms with Crippen LogP contribution in [-0.2, 0) is 4.74 Å². The van der Waals surface area contributed by atoms with Gasteiger partial charge in [-0.15, -0.1) is 0 Å². The van der Waals surface area contributed by atoms with Gasteiger partial charge in [0.2, 0.25) is 0 Å². The van der Waals surface area contributed by atoms with Crippen LogP contribution in [0.2, 0.25) is 0 Å². The van der Waals surface area contributed by atoms with Gasteiger partial charge >= 0.3 is 12.1 Å². The molecular weight excluding hydrogens is 315 g/mol. The van der Waals surface area contributed by atoms with Crippen LogP contribution in [0.25, 0.3) is 0 Å². The van der Waals surface area contributed by atoms with Gasteiger partial charge in [0, 0.05) is 19.1 Å². The van der Waals surface area contributed by atoms with Gasteiger partial charge in [0.1, 0.15) is 11.9 Å². The lowest BCUT2D eigenvalue weighted by molar-refractivity contribution is 0.137. The highest BCUT2D eigenvalue weighted by atomic mass is 19.1. The number of anilines is 1. The molecule has 2 rings (SSSR count). The summed E-state index contributed by atoms with van der Waals surface area (Å²) < 4.78 is 18.0. The first-order chi connectivity index (χ1) is 11.5. The number of likely N-dealkylation sites (tertiary alicyclic amines) is 1. The van der Waals surface area contributed by atoms with E-state index in [1.54, 1.807) is 11.8 Å². The summed E-state index contributed by atoms with van der Waals surface area (Å²) in [5.41, 5.74) is 0.311. The van der Waals surface area contributed by atoms with Gasteiger partial charge in [-0.2, -0.15) is 5.26 Å². The minimum atomic E-state index is -0.541. The number of carbonyl (C=O) groups is 2. The van der Waals surface area contributed by atoms with Gasteiger partial charge in [0.15, 0.2) is 0 Å². The molecule has 128 valence electrons. The maximum atomic E-state index is 13.1. The second-order valence-electron chi connectivity index (χ2n) is 5.38. The summed E-state index contributed by atoms with van der Waals surface area (Å²) in [7, 11) is 0. The lowest BCUT2D eigenvalue weighted by atomic mass is 10.1. The van der Waals surface area contributed by atoms with Gasteiger partial charge in [0.25, 0.3) is 0 Å². The highest BCUT2D eigenvalue weighted by molar-refractivity contribution is 5.91. The number of hydrogen-bond acceptors (Lipinski definition) is 4. The molecule has 2 N–H and O–H groups in total. The third-order valence-electron chi connectivity index (χ3n) is 3.65. The van der Waals surface area contributed by atoms with Crippen LogP contribution in [0, 0.1) is 17.1 Å². The number of carbonyl (C=O) groups excluding carboxylic acids is 2. The van der Waals surface area contributed by atoms with E-state index >= 15 is 0 Å². The monoisotopic (exact) mass is 334 g/mol. The Morgan fingerprint density at radius 2 is 2.29 bits per heavy atom. The largest absolute Gasteiger partial charge is 0.450 e. The van der Waals surface area contributed by atoms with E-state index in [4.69, 9.17) is 10.00 Å². The molecule has 1 atom stereocenters. The van der Waals surface area contributed by atoms with Crippen LogP contribution in [0.5, 0.6) is 0 Å². The Bertz CT molecular complexity index is 659. The first-order valence-electron chi connectivity index (χ1n) is 7.72. The Balaban J connectivity index is 1.97. The normalized spacial score (nSPS) is 16.9. The number of halogens is 1. The zero-order valence-corrected chi connectivity index (χ0v) is 13.3. The fraction of sp³-hybridized carbons (Fsp3) is 0.438. The maximum Gasteiger partial charge on any atom is 0.407 e. The number of alkyl carbamates (subject to hydrolysis) is 1. The van der Waals surface area contributed by atoms with E-state index in [0.717, 1.165) is 18.9 Å². The number of amides is 3. The minimum absolute atomic E-state index is 0.0570. The number of rotatable bonds is 3. The zero-order chi connectivity index (χ0) is 17.5. The van der Waals surface area contributed by atoms with E-state index in [0.29, 0.717) is 13.1 Å². The number of nitrogens with zero attached hydrogens (tertiary/aromatic N) is 2. The van der Waals surface area contributed by atoms with Crippen molar-refractivity contribution in [1.82, 2.24) is 10.2 Å². The summed E-state index contributed by atoms with van der Waals surface area (Å²) in [6.45, 7) is 2.88. The van der Waals surface area contributed by atoms with Crippen molar-refractivity contribution in [2.75, 3.05) is 25.0 Å². The molecular formula is C16H19FN4O3. The SMILES string of the molecule is CCOC(=O)NC1CCCN(C(=O)Nc2ccc(F)cc2C#N)C1. The van der Waals surface area contributed by atoms with Crippen LogP contribution in [0.1, 0.15) is 25.3 Å². The Morgan fingerprint density at radius 3 is 3.00 bits per heavy atom. The van der Waals surface area contributed by atoms with Crippen molar-refractivity contribution in [3.63, 3.8) is 0 Å². The van der Waals surface area contributed by atoms with Crippen LogP contribution < -0.4 is 10.6 Å². The van der Waals surface area contributed by atoms with Crippen molar-refractivity contribution < 1.29 is 18.7 Å². The van der Waals surface area contributed by atoms with Gasteiger partial charge in [-0.1, -0.05) is 0 Å². The first kappa shape index (κ1) is 17.5. The average Bonchev–Trinajstić information content (AvgIpc) is 2.56. The molecule has 1 aliphatic rings. The highest BCUT2D eigenvalue weighted by Gasteiger charge is 2.25. The number of nitriles is 1. The van der Waals surface area contributed by atoms with Gasteiger partial charge in [0.05, 0.1) is 17.9 Å². The second kappa shape index (κ2) is 8.15. The molecule has 8 heteroatoms. The number of hydrogen-bond donors (Lipinski definition) is 2. The number of nitrogens with one attached hydrogen (secondary N) is 2. The quantitative estimate of drug-likeness (QED) is 0.887. The summed E-state index contributed by atoms with van der Waals surface area (Å²) in [6, 6.07) is 4.86. The standard InChI is InChI=1S/C16H19FN4O3/c1-2-24-16(23)19-13-4-3-7-21(10-13)15(22)20-14-6-5-12(17)8-11(14)9-18/h5-6,8,13H,2-4,7,10H2,1H3,(H,19,23)(H,20,22). The Labute approximate surface area is 139 Å². The number of benzene rings is 1. The van der Waals surface area contributed by atoms with Crippen LogP contribution in [0.4, 0.5) is 19.7 Å². The van der Waals surface area contributed by atoms with Crippen molar-refractivity contribution in [1.29, 1.82) is 5.26 Å². The van der Waals surface area contributed by atoms with E-state index in [9.17, 15) is 14.0 Å². The zero-order valence-electron chi connectivity index (χ0n) is 13.3. The molecule has 0 radical (unpaired) electrons. The molecule has 1 saturated heterocycles. The van der Waals surface area contributed by atoms with Gasteiger partial charge < -0.3 is 20.3 Å². The minimum Gasteiger partial charge on any atom is -0.450 e. The lowest BCUT2D eigenvalue weighted by Gasteiger charge is -2.33. The molecule has 7 nitrogen and oxygen atoms in total. The summed E-state index contributed by atoms with van der Waals surface area (Å²) in [5.74, 6) is -0.541. The topological polar surface area (TPSA) is 94.5 Å². The lowest BCUT2D eigenvalue weighted by Crippen LogP contribution is -2.50. The molecule has 0 spiro atoms. The van der Waals surface area contributed by atoms with Crippen LogP contribution in [-0.4, -0.2) is 42.8 Å². The molecule has 1 aromatic rings. The van der Waals surface area contributed by atoms with E-state index in [1.165, 1.54) is 12.1 Å². The Hall–Kier alpha value is -2.82. The Kier molecular flexibility index (Phi) is 5.95. The molecule has 3 amide bonds. The summed E-state index contributed by atoms with van der Waals surface area (Å²) >= 11 is 0. The van der Waals surface area contributed by atoms with Crippen molar-refractivity contribution in [2.24, 2.45) is 0 Å². The van der Waals surface area contributed by atoms with Gasteiger partial charge in [-0.3, -0.25) is 0 Å². The molecule has 24 heavy (non-hydrogen) atoms. The first-order valence-corrected chi connectivity index (χ1v) is 7.72. The number of urea groups is 1. The highest BCUT2D eigenvalue weighted by Crippen LogP contribution is 2.18. The third kappa shape index (κ3) is 4.59. The smallest absolute Gasteiger partial charge is 0.407 e. The van der Waals surface area contributed by atoms with Crippen LogP contribution in [0.3, 0.4) is 0 Å². The molecule has 1 heterocycles. The van der Waals surface area contributed by atoms with E-state index in [2.05, 4.69) is 10.6 Å². The second-order valence-corrected chi connectivity index (χ2v) is 5.38. The van der Waals surface area contributed by atoms with E-state index < -0.39 is 17.9 Å². The van der Waals surface area contributed by atoms with Crippen molar-refractivity contribution in [3.05, 3.63) is 29.6 Å². The molecule has 1 aromatic carbocycles. The molecule has 1 fully saturated rings.